The molecule has 0 spiro atoms. The van der Waals surface area contributed by atoms with Crippen molar-refractivity contribution in [2.24, 2.45) is 0 Å². The minimum atomic E-state index is -4.51. The zero-order valence-corrected chi connectivity index (χ0v) is 17.1. The highest BCUT2D eigenvalue weighted by molar-refractivity contribution is 7.92. The molecular weight excluding hydrogens is 419 g/mol. The summed E-state index contributed by atoms with van der Waals surface area (Å²) in [5.74, 6) is 0.134. The van der Waals surface area contributed by atoms with E-state index in [1.807, 2.05) is 6.07 Å². The van der Waals surface area contributed by atoms with Crippen molar-refractivity contribution in [2.45, 2.75) is 37.4 Å². The molecule has 0 aromatic carbocycles. The largest absolute Gasteiger partial charge is 0.471 e. The smallest absolute Gasteiger partial charge is 0.416 e. The van der Waals surface area contributed by atoms with Crippen molar-refractivity contribution in [2.75, 3.05) is 5.75 Å². The number of imidazole rings is 1. The van der Waals surface area contributed by atoms with E-state index in [-0.39, 0.29) is 33.4 Å². The van der Waals surface area contributed by atoms with Crippen molar-refractivity contribution >= 4 is 15.4 Å². The molecule has 158 valence electrons. The van der Waals surface area contributed by atoms with E-state index in [1.165, 1.54) is 29.1 Å². The molecule has 3 heterocycles. The highest BCUT2D eigenvalue weighted by Crippen LogP contribution is 2.33. The molecule has 0 saturated carbocycles. The molecule has 7 nitrogen and oxygen atoms in total. The van der Waals surface area contributed by atoms with Gasteiger partial charge in [0.25, 0.3) is 0 Å². The van der Waals surface area contributed by atoms with Gasteiger partial charge in [0.1, 0.15) is 28.9 Å². The van der Waals surface area contributed by atoms with Crippen molar-refractivity contribution in [3.8, 4) is 23.2 Å². The second-order valence-electron chi connectivity index (χ2n) is 7.01. The molecule has 0 saturated heterocycles. The third kappa shape index (κ3) is 4.23. The minimum absolute atomic E-state index is 0.0155. The second-order valence-corrected chi connectivity index (χ2v) is 9.38. The number of nitrogens with zero attached hydrogens (tertiary/aromatic N) is 4. The lowest BCUT2D eigenvalue weighted by atomic mass is 10.2. The third-order valence-corrected chi connectivity index (χ3v) is 6.10. The molecule has 11 heteroatoms. The van der Waals surface area contributed by atoms with Crippen LogP contribution in [-0.2, 0) is 15.9 Å². The molecule has 1 unspecified atom stereocenters. The van der Waals surface area contributed by atoms with Crippen LogP contribution in [0.4, 0.5) is 13.2 Å². The lowest BCUT2D eigenvalue weighted by Crippen LogP contribution is -2.25. The average molecular weight is 437 g/mol. The molecule has 1 N–H and O–H groups in total. The summed E-state index contributed by atoms with van der Waals surface area (Å²) in [5, 5.41) is 9.14. The van der Waals surface area contributed by atoms with Crippen molar-refractivity contribution in [1.29, 1.82) is 10.0 Å². The summed E-state index contributed by atoms with van der Waals surface area (Å²) in [4.78, 5) is 8.44. The number of fused-ring (bicyclic) bond motifs is 1. The maximum absolute atomic E-state index is 13.0. The average Bonchev–Trinajstić information content (AvgIpc) is 3.10. The van der Waals surface area contributed by atoms with E-state index in [4.69, 9.17) is 14.8 Å². The molecule has 3 aromatic heterocycles. The number of nitriles is 1. The van der Waals surface area contributed by atoms with Gasteiger partial charge in [-0.15, -0.1) is 0 Å². The van der Waals surface area contributed by atoms with Crippen LogP contribution in [0.2, 0.25) is 0 Å². The summed E-state index contributed by atoms with van der Waals surface area (Å²) in [6.45, 7) is 4.66. The summed E-state index contributed by atoms with van der Waals surface area (Å²) in [6.07, 6.45) is -0.541. The highest BCUT2D eigenvalue weighted by Gasteiger charge is 2.31. The first kappa shape index (κ1) is 21.6. The second kappa shape index (κ2) is 7.28. The lowest BCUT2D eigenvalue weighted by molar-refractivity contribution is -0.137. The molecule has 3 rings (SSSR count). The minimum Gasteiger partial charge on any atom is -0.471 e. The van der Waals surface area contributed by atoms with Gasteiger partial charge in [0.05, 0.1) is 26.4 Å². The van der Waals surface area contributed by atoms with Crippen LogP contribution < -0.4 is 4.74 Å². The molecule has 0 fully saturated rings. The Hall–Kier alpha value is -3.13. The van der Waals surface area contributed by atoms with Gasteiger partial charge in [-0.25, -0.2) is 19.0 Å². The number of pyridine rings is 2. The van der Waals surface area contributed by atoms with Gasteiger partial charge in [0.2, 0.25) is 0 Å². The van der Waals surface area contributed by atoms with Crippen molar-refractivity contribution < 1.29 is 22.1 Å². The van der Waals surface area contributed by atoms with Gasteiger partial charge in [-0.3, -0.25) is 0 Å². The highest BCUT2D eigenvalue weighted by atomic mass is 32.2. The van der Waals surface area contributed by atoms with Crippen LogP contribution in [-0.4, -0.2) is 29.9 Å². The fraction of sp³-hybridized carbons (Fsp3) is 0.316. The first-order chi connectivity index (χ1) is 13.9. The van der Waals surface area contributed by atoms with Gasteiger partial charge < -0.3 is 9.14 Å². The maximum Gasteiger partial charge on any atom is 0.416 e. The SMILES string of the molecule is CCS(=N)(=O)c1cc(OC(C)(C)C#N)cnc1-c1cn2ccc(C(F)(F)F)cc2n1. The first-order valence-corrected chi connectivity index (χ1v) is 10.5. The number of aromatic nitrogens is 3. The van der Waals surface area contributed by atoms with Crippen molar-refractivity contribution in [3.05, 3.63) is 42.4 Å². The quantitative estimate of drug-likeness (QED) is 0.632. The van der Waals surface area contributed by atoms with Gasteiger partial charge in [-0.1, -0.05) is 6.92 Å². The Labute approximate surface area is 171 Å². The monoisotopic (exact) mass is 437 g/mol. The Morgan fingerprint density at radius 2 is 2.03 bits per heavy atom. The fourth-order valence-corrected chi connectivity index (χ4v) is 3.76. The Balaban J connectivity index is 2.16. The number of rotatable bonds is 5. The maximum atomic E-state index is 13.0. The molecule has 30 heavy (non-hydrogen) atoms. The molecule has 0 aliphatic heterocycles. The summed E-state index contributed by atoms with van der Waals surface area (Å²) >= 11 is 0. The molecule has 0 bridgehead atoms. The van der Waals surface area contributed by atoms with Crippen LogP contribution in [0.25, 0.3) is 17.0 Å². The predicted octanol–water partition coefficient (Wildman–Crippen LogP) is 4.52. The number of halogens is 3. The van der Waals surface area contributed by atoms with Crippen LogP contribution in [0.5, 0.6) is 5.75 Å². The van der Waals surface area contributed by atoms with E-state index in [0.29, 0.717) is 0 Å². The Kier molecular flexibility index (Phi) is 5.24. The van der Waals surface area contributed by atoms with E-state index < -0.39 is 27.1 Å². The van der Waals surface area contributed by atoms with Gasteiger partial charge >= 0.3 is 6.18 Å². The van der Waals surface area contributed by atoms with Gasteiger partial charge in [-0.2, -0.15) is 18.4 Å². The van der Waals surface area contributed by atoms with Gasteiger partial charge in [0, 0.05) is 24.2 Å². The van der Waals surface area contributed by atoms with E-state index in [0.717, 1.165) is 12.1 Å². The topological polar surface area (TPSA) is 104 Å². The third-order valence-electron chi connectivity index (χ3n) is 4.26. The standard InChI is InChI=1S/C19H18F3N5O2S/c1-4-30(24,28)15-8-13(29-18(2,3)11-23)9-25-17(15)14-10-27-6-5-12(19(20,21)22)7-16(27)26-14/h5-10,24H,4H2,1-3H3. The van der Waals surface area contributed by atoms with Gasteiger partial charge in [-0.05, 0) is 26.0 Å². The Morgan fingerprint density at radius 1 is 1.33 bits per heavy atom. The zero-order chi connectivity index (χ0) is 22.3. The van der Waals surface area contributed by atoms with Crippen LogP contribution in [0.15, 0.2) is 41.7 Å². The predicted molar refractivity (Wildman–Crippen MR) is 103 cm³/mol. The molecule has 3 aromatic rings. The van der Waals surface area contributed by atoms with E-state index in [1.54, 1.807) is 20.8 Å². The molecule has 0 aliphatic carbocycles. The van der Waals surface area contributed by atoms with Crippen molar-refractivity contribution in [1.82, 2.24) is 14.4 Å². The van der Waals surface area contributed by atoms with Crippen LogP contribution in [0, 0.1) is 16.1 Å². The van der Waals surface area contributed by atoms with Crippen LogP contribution in [0.3, 0.4) is 0 Å². The Morgan fingerprint density at radius 3 is 2.63 bits per heavy atom. The lowest BCUT2D eigenvalue weighted by Gasteiger charge is -2.19. The van der Waals surface area contributed by atoms with Crippen molar-refractivity contribution in [3.63, 3.8) is 0 Å². The van der Waals surface area contributed by atoms with E-state index in [2.05, 4.69) is 9.97 Å². The summed E-state index contributed by atoms with van der Waals surface area (Å²) in [6, 6.07) is 5.15. The van der Waals surface area contributed by atoms with Crippen LogP contribution >= 0.6 is 0 Å². The van der Waals surface area contributed by atoms with E-state index in [9.17, 15) is 17.4 Å². The van der Waals surface area contributed by atoms with Crippen LogP contribution in [0.1, 0.15) is 26.3 Å². The number of hydrogen-bond acceptors (Lipinski definition) is 6. The molecular formula is C19H18F3N5O2S. The summed E-state index contributed by atoms with van der Waals surface area (Å²) in [5.41, 5.74) is -1.71. The molecule has 0 aliphatic rings. The number of ether oxygens (including phenoxy) is 1. The molecule has 1 atom stereocenters. The molecule has 0 amide bonds. The zero-order valence-electron chi connectivity index (χ0n) is 16.3. The fourth-order valence-electron chi connectivity index (χ4n) is 2.67. The summed E-state index contributed by atoms with van der Waals surface area (Å²) < 4.78 is 66.9. The number of alkyl halides is 3. The number of hydrogen-bond donors (Lipinski definition) is 1. The first-order valence-electron chi connectivity index (χ1n) is 8.79. The van der Waals surface area contributed by atoms with Gasteiger partial charge in [0.15, 0.2) is 5.60 Å². The normalized spacial score (nSPS) is 14.3. The Bertz CT molecular complexity index is 1260. The summed E-state index contributed by atoms with van der Waals surface area (Å²) in [7, 11) is -3.29. The number of nitrogens with one attached hydrogen (secondary N) is 1. The molecule has 0 radical (unpaired) electrons. The van der Waals surface area contributed by atoms with E-state index >= 15 is 0 Å².